The molecule has 4 nitrogen and oxygen atoms in total. The topological polar surface area (TPSA) is 73.9 Å². The molecule has 2 rings (SSSR count). The summed E-state index contributed by atoms with van der Waals surface area (Å²) in [7, 11) is 1.34. The van der Waals surface area contributed by atoms with E-state index in [2.05, 4.69) is 12.1 Å². The van der Waals surface area contributed by atoms with Gasteiger partial charge in [0, 0.05) is 5.57 Å². The van der Waals surface area contributed by atoms with Crippen LogP contribution in [0.1, 0.15) is 32.1 Å². The Balaban J connectivity index is 2.41. The molecule has 0 aromatic carbocycles. The smallest absolute Gasteiger partial charge is 0.310 e. The Kier molecular flexibility index (Phi) is 3.67. The highest BCUT2D eigenvalue weighted by Crippen LogP contribution is 2.45. The fourth-order valence-electron chi connectivity index (χ4n) is 3.22. The number of carbonyl (C=O) groups is 1. The van der Waals surface area contributed by atoms with Crippen molar-refractivity contribution in [2.24, 2.45) is 17.8 Å². The molecule has 2 aliphatic carbocycles. The van der Waals surface area contributed by atoms with Gasteiger partial charge in [-0.3, -0.25) is 4.79 Å². The largest absolute Gasteiger partial charge is 0.469 e. The molecule has 1 fully saturated rings. The van der Waals surface area contributed by atoms with Gasteiger partial charge < -0.3 is 4.74 Å². The highest BCUT2D eigenvalue weighted by Gasteiger charge is 2.42. The van der Waals surface area contributed by atoms with E-state index in [9.17, 15) is 15.3 Å². The van der Waals surface area contributed by atoms with Gasteiger partial charge in [0.05, 0.1) is 31.1 Å². The molecule has 2 aliphatic rings. The van der Waals surface area contributed by atoms with Crippen LogP contribution >= 0.6 is 0 Å². The predicted molar refractivity (Wildman–Crippen MR) is 63.8 cm³/mol. The highest BCUT2D eigenvalue weighted by molar-refractivity contribution is 5.74. The number of hydrogen-bond donors (Lipinski definition) is 0. The number of carbonyl (C=O) groups excluding carboxylic acids is 1. The van der Waals surface area contributed by atoms with Crippen LogP contribution < -0.4 is 0 Å². The number of esters is 1. The zero-order valence-electron chi connectivity index (χ0n) is 10.5. The van der Waals surface area contributed by atoms with Gasteiger partial charge in [-0.15, -0.1) is 0 Å². The van der Waals surface area contributed by atoms with Gasteiger partial charge in [0.1, 0.15) is 0 Å². The summed E-state index contributed by atoms with van der Waals surface area (Å²) >= 11 is 0. The van der Waals surface area contributed by atoms with E-state index in [-0.39, 0.29) is 5.97 Å². The number of hydrogen-bond acceptors (Lipinski definition) is 4. The van der Waals surface area contributed by atoms with Gasteiger partial charge in [0.15, 0.2) is 0 Å². The number of rotatable bonds is 1. The average molecular weight is 244 g/mol. The molecule has 18 heavy (non-hydrogen) atoms. The molecule has 0 heterocycles. The van der Waals surface area contributed by atoms with Crippen LogP contribution in [0.4, 0.5) is 0 Å². The van der Waals surface area contributed by atoms with Gasteiger partial charge >= 0.3 is 5.97 Å². The Morgan fingerprint density at radius 3 is 2.78 bits per heavy atom. The fraction of sp³-hybridized carbons (Fsp3) is 0.643. The molecule has 0 spiro atoms. The van der Waals surface area contributed by atoms with Crippen molar-refractivity contribution in [1.29, 1.82) is 10.5 Å². The maximum absolute atomic E-state index is 11.8. The summed E-state index contributed by atoms with van der Waals surface area (Å²) in [6.45, 7) is 0. The first-order chi connectivity index (χ1) is 8.72. The van der Waals surface area contributed by atoms with Crippen LogP contribution in [0.15, 0.2) is 11.1 Å². The Morgan fingerprint density at radius 1 is 1.39 bits per heavy atom. The molecule has 0 radical (unpaired) electrons. The van der Waals surface area contributed by atoms with Crippen molar-refractivity contribution in [1.82, 2.24) is 0 Å². The lowest BCUT2D eigenvalue weighted by atomic mass is 9.66. The van der Waals surface area contributed by atoms with Crippen LogP contribution in [0.3, 0.4) is 0 Å². The van der Waals surface area contributed by atoms with Crippen LogP contribution in [0, 0.1) is 40.4 Å². The molecule has 0 saturated heterocycles. The molecule has 0 amide bonds. The van der Waals surface area contributed by atoms with Gasteiger partial charge in [0.2, 0.25) is 0 Å². The second-order valence-corrected chi connectivity index (χ2v) is 4.97. The average Bonchev–Trinajstić information content (AvgIpc) is 2.44. The van der Waals surface area contributed by atoms with E-state index in [1.807, 2.05) is 0 Å². The van der Waals surface area contributed by atoms with Crippen molar-refractivity contribution in [3.8, 4) is 12.1 Å². The number of ether oxygens (including phenoxy) is 1. The van der Waals surface area contributed by atoms with E-state index in [4.69, 9.17) is 4.74 Å². The standard InChI is InChI=1S/C14H16N2O2/c1-18-14(17)11-6-9-4-2-3-5-10(9)12(7-15)13(11)8-16/h9,11,13H,2-6H2,1H3. The Bertz CT molecular complexity index is 467. The number of fused-ring (bicyclic) bond motifs is 1. The second-order valence-electron chi connectivity index (χ2n) is 4.97. The summed E-state index contributed by atoms with van der Waals surface area (Å²) in [5, 5.41) is 18.5. The van der Waals surface area contributed by atoms with E-state index in [1.54, 1.807) is 0 Å². The number of nitrogens with zero attached hydrogens (tertiary/aromatic N) is 2. The van der Waals surface area contributed by atoms with E-state index < -0.39 is 11.8 Å². The molecular formula is C14H16N2O2. The predicted octanol–water partition coefficient (Wildman–Crippen LogP) is 2.33. The van der Waals surface area contributed by atoms with Crippen molar-refractivity contribution >= 4 is 5.97 Å². The van der Waals surface area contributed by atoms with Crippen LogP contribution in [0.2, 0.25) is 0 Å². The molecule has 3 atom stereocenters. The second kappa shape index (κ2) is 5.23. The van der Waals surface area contributed by atoms with Crippen molar-refractivity contribution in [3.63, 3.8) is 0 Å². The summed E-state index contributed by atoms with van der Waals surface area (Å²) in [6.07, 6.45) is 4.80. The van der Waals surface area contributed by atoms with E-state index >= 15 is 0 Å². The van der Waals surface area contributed by atoms with Crippen LogP contribution in [-0.4, -0.2) is 13.1 Å². The van der Waals surface area contributed by atoms with Crippen molar-refractivity contribution in [3.05, 3.63) is 11.1 Å². The maximum atomic E-state index is 11.8. The first-order valence-electron chi connectivity index (χ1n) is 6.33. The normalized spacial score (nSPS) is 30.9. The van der Waals surface area contributed by atoms with Gasteiger partial charge in [-0.1, -0.05) is 12.0 Å². The van der Waals surface area contributed by atoms with E-state index in [1.165, 1.54) is 7.11 Å². The molecule has 94 valence electrons. The monoisotopic (exact) mass is 244 g/mol. The van der Waals surface area contributed by atoms with E-state index in [0.717, 1.165) is 31.3 Å². The molecule has 0 aromatic heterocycles. The quantitative estimate of drug-likeness (QED) is 0.663. The molecule has 0 bridgehead atoms. The minimum Gasteiger partial charge on any atom is -0.469 e. The van der Waals surface area contributed by atoms with Crippen LogP contribution in [0.5, 0.6) is 0 Å². The van der Waals surface area contributed by atoms with Crippen LogP contribution in [0.25, 0.3) is 0 Å². The molecule has 0 aliphatic heterocycles. The first kappa shape index (κ1) is 12.6. The highest BCUT2D eigenvalue weighted by atomic mass is 16.5. The summed E-state index contributed by atoms with van der Waals surface area (Å²) in [5.74, 6) is -1.16. The molecule has 3 unspecified atom stereocenters. The van der Waals surface area contributed by atoms with Gasteiger partial charge in [-0.25, -0.2) is 0 Å². The Hall–Kier alpha value is -1.81. The fourth-order valence-corrected chi connectivity index (χ4v) is 3.22. The summed E-state index contributed by atoms with van der Waals surface area (Å²) in [5.41, 5.74) is 1.65. The van der Waals surface area contributed by atoms with Crippen molar-refractivity contribution in [2.75, 3.05) is 7.11 Å². The third-order valence-electron chi connectivity index (χ3n) is 4.10. The van der Waals surface area contributed by atoms with Crippen molar-refractivity contribution < 1.29 is 9.53 Å². The Labute approximate surface area is 107 Å². The molecule has 0 N–H and O–H groups in total. The molecular weight excluding hydrogens is 228 g/mol. The summed E-state index contributed by atoms with van der Waals surface area (Å²) < 4.78 is 4.77. The third-order valence-corrected chi connectivity index (χ3v) is 4.10. The third kappa shape index (κ3) is 1.99. The number of methoxy groups -OCH3 is 1. The van der Waals surface area contributed by atoms with E-state index in [0.29, 0.717) is 17.9 Å². The van der Waals surface area contributed by atoms with Gasteiger partial charge in [-0.2, -0.15) is 10.5 Å². The molecule has 4 heteroatoms. The Morgan fingerprint density at radius 2 is 2.17 bits per heavy atom. The minimum atomic E-state index is -0.619. The number of allylic oxidation sites excluding steroid dienone is 2. The SMILES string of the molecule is COC(=O)C1CC2CCCCC2=C(C#N)C1C#N. The lowest BCUT2D eigenvalue weighted by Crippen LogP contribution is -2.34. The molecule has 0 aromatic rings. The summed E-state index contributed by atoms with van der Waals surface area (Å²) in [4.78, 5) is 11.8. The lowest BCUT2D eigenvalue weighted by molar-refractivity contribution is -0.147. The van der Waals surface area contributed by atoms with Crippen molar-refractivity contribution in [2.45, 2.75) is 32.1 Å². The first-order valence-corrected chi connectivity index (χ1v) is 6.33. The van der Waals surface area contributed by atoms with Crippen LogP contribution in [-0.2, 0) is 9.53 Å². The minimum absolute atomic E-state index is 0.294. The van der Waals surface area contributed by atoms with Gasteiger partial charge in [0.25, 0.3) is 0 Å². The number of nitriles is 2. The molecule has 1 saturated carbocycles. The zero-order valence-corrected chi connectivity index (χ0v) is 10.5. The van der Waals surface area contributed by atoms with Gasteiger partial charge in [-0.05, 0) is 31.6 Å². The zero-order chi connectivity index (χ0) is 13.1. The summed E-state index contributed by atoms with van der Waals surface area (Å²) in [6, 6.07) is 4.28. The lowest BCUT2D eigenvalue weighted by Gasteiger charge is -2.36. The maximum Gasteiger partial charge on any atom is 0.310 e.